The first-order valence-corrected chi connectivity index (χ1v) is 11.7. The number of hydrogen-bond donors (Lipinski definition) is 2. The Kier molecular flexibility index (Phi) is 9.00. The van der Waals surface area contributed by atoms with Crippen LogP contribution in [0.4, 0.5) is 20.7 Å². The number of carbonyl (C=O) groups excluding carboxylic acids is 1. The van der Waals surface area contributed by atoms with E-state index in [1.54, 1.807) is 39.6 Å². The second-order valence-electron chi connectivity index (χ2n) is 8.76. The zero-order valence-corrected chi connectivity index (χ0v) is 21.9. The number of hydrogen-bond acceptors (Lipinski definition) is 7. The standard InChI is InChI=1S/C16H20FN3O2.C11H12N2O2/c1-4-16(3,10-17)13-9-14(20-22-13)19-15(21)18-12-7-5-6-11(2)8-12;1-7-8-4-10(14-2)11(15-3)5-9(8)13-6-12-7/h5-9H,4,10H2,1-3H3,(H2,18,19,20,21);4-6H,1-3H3. The summed E-state index contributed by atoms with van der Waals surface area (Å²) in [4.78, 5) is 20.2. The Balaban J connectivity index is 0.000000220. The van der Waals surface area contributed by atoms with Crippen molar-refractivity contribution in [1.82, 2.24) is 15.1 Å². The maximum atomic E-state index is 13.1. The number of aromatic nitrogens is 3. The van der Waals surface area contributed by atoms with Gasteiger partial charge in [0.1, 0.15) is 18.8 Å². The maximum absolute atomic E-state index is 13.1. The molecule has 0 saturated carbocycles. The molecule has 2 aromatic carbocycles. The summed E-state index contributed by atoms with van der Waals surface area (Å²) in [6, 6.07) is 12.3. The molecule has 0 saturated heterocycles. The van der Waals surface area contributed by atoms with E-state index in [9.17, 15) is 9.18 Å². The van der Waals surface area contributed by atoms with Gasteiger partial charge in [0.2, 0.25) is 0 Å². The van der Waals surface area contributed by atoms with Gasteiger partial charge in [0.05, 0.1) is 25.2 Å². The summed E-state index contributed by atoms with van der Waals surface area (Å²) in [5.41, 5.74) is 2.80. The molecule has 0 aliphatic carbocycles. The SMILES string of the molecule is CCC(C)(CF)c1cc(NC(=O)Nc2cccc(C)c2)no1.COc1cc2ncnc(C)c2cc1OC. The highest BCUT2D eigenvalue weighted by atomic mass is 19.1. The highest BCUT2D eigenvalue weighted by Gasteiger charge is 2.29. The Hall–Kier alpha value is -4.21. The topological polar surface area (TPSA) is 111 Å². The van der Waals surface area contributed by atoms with Crippen molar-refractivity contribution in [2.24, 2.45) is 0 Å². The van der Waals surface area contributed by atoms with E-state index in [2.05, 4.69) is 25.8 Å². The van der Waals surface area contributed by atoms with E-state index >= 15 is 0 Å². The number of rotatable bonds is 7. The smallest absolute Gasteiger partial charge is 0.324 e. The average molecular weight is 510 g/mol. The Morgan fingerprint density at radius 2 is 1.78 bits per heavy atom. The van der Waals surface area contributed by atoms with Gasteiger partial charge in [-0.3, -0.25) is 9.71 Å². The van der Waals surface area contributed by atoms with Crippen LogP contribution in [-0.4, -0.2) is 42.0 Å². The summed E-state index contributed by atoms with van der Waals surface area (Å²) >= 11 is 0. The van der Waals surface area contributed by atoms with Crippen LogP contribution >= 0.6 is 0 Å². The molecule has 2 aromatic heterocycles. The molecule has 0 aliphatic rings. The molecule has 0 aliphatic heterocycles. The minimum Gasteiger partial charge on any atom is -0.493 e. The van der Waals surface area contributed by atoms with E-state index in [0.29, 0.717) is 29.4 Å². The normalized spacial score (nSPS) is 12.2. The number of nitrogens with one attached hydrogen (secondary N) is 2. The lowest BCUT2D eigenvalue weighted by atomic mass is 9.86. The van der Waals surface area contributed by atoms with Crippen molar-refractivity contribution in [1.29, 1.82) is 0 Å². The number of urea groups is 1. The van der Waals surface area contributed by atoms with Crippen molar-refractivity contribution in [2.75, 3.05) is 31.5 Å². The van der Waals surface area contributed by atoms with Crippen molar-refractivity contribution in [2.45, 2.75) is 39.5 Å². The van der Waals surface area contributed by atoms with Gasteiger partial charge in [0, 0.05) is 28.9 Å². The number of carbonyl (C=O) groups is 1. The van der Waals surface area contributed by atoms with Gasteiger partial charge in [-0.05, 0) is 51.0 Å². The van der Waals surface area contributed by atoms with Crippen LogP contribution in [-0.2, 0) is 5.41 Å². The molecule has 9 nitrogen and oxygen atoms in total. The van der Waals surface area contributed by atoms with E-state index in [4.69, 9.17) is 14.0 Å². The van der Waals surface area contributed by atoms with Crippen molar-refractivity contribution < 1.29 is 23.2 Å². The highest BCUT2D eigenvalue weighted by molar-refractivity contribution is 5.99. The molecule has 1 atom stereocenters. The van der Waals surface area contributed by atoms with Gasteiger partial charge in [0.25, 0.3) is 0 Å². The molecule has 2 heterocycles. The first kappa shape index (κ1) is 27.4. The van der Waals surface area contributed by atoms with E-state index < -0.39 is 18.1 Å². The summed E-state index contributed by atoms with van der Waals surface area (Å²) in [6.07, 6.45) is 2.12. The number of nitrogens with zero attached hydrogens (tertiary/aromatic N) is 3. The van der Waals surface area contributed by atoms with Gasteiger partial charge in [-0.25, -0.2) is 14.8 Å². The molecule has 4 rings (SSSR count). The maximum Gasteiger partial charge on any atom is 0.324 e. The summed E-state index contributed by atoms with van der Waals surface area (Å²) in [5, 5.41) is 10.0. The van der Waals surface area contributed by atoms with Crippen molar-refractivity contribution in [3.8, 4) is 11.5 Å². The second-order valence-corrected chi connectivity index (χ2v) is 8.76. The number of ether oxygens (including phenoxy) is 2. The highest BCUT2D eigenvalue weighted by Crippen LogP contribution is 2.32. The lowest BCUT2D eigenvalue weighted by Crippen LogP contribution is -2.22. The zero-order valence-electron chi connectivity index (χ0n) is 21.9. The van der Waals surface area contributed by atoms with Gasteiger partial charge in [-0.15, -0.1) is 0 Å². The van der Waals surface area contributed by atoms with E-state index in [0.717, 1.165) is 22.2 Å². The number of halogens is 1. The van der Waals surface area contributed by atoms with E-state index in [1.165, 1.54) is 0 Å². The molecular weight excluding hydrogens is 477 g/mol. The van der Waals surface area contributed by atoms with Crippen LogP contribution in [0.1, 0.15) is 37.3 Å². The van der Waals surface area contributed by atoms with Crippen molar-refractivity contribution in [3.05, 3.63) is 65.8 Å². The first-order valence-electron chi connectivity index (χ1n) is 11.7. The van der Waals surface area contributed by atoms with E-state index in [1.807, 2.05) is 51.1 Å². The molecular formula is C27H32FN5O4. The number of amides is 2. The van der Waals surface area contributed by atoms with Crippen molar-refractivity contribution >= 4 is 28.4 Å². The van der Waals surface area contributed by atoms with Crippen LogP contribution in [0.5, 0.6) is 11.5 Å². The third kappa shape index (κ3) is 6.72. The van der Waals surface area contributed by atoms with Gasteiger partial charge in [0.15, 0.2) is 17.3 Å². The molecule has 4 aromatic rings. The Morgan fingerprint density at radius 1 is 1.05 bits per heavy atom. The van der Waals surface area contributed by atoms with Gasteiger partial charge in [-0.1, -0.05) is 24.2 Å². The lowest BCUT2D eigenvalue weighted by molar-refractivity contribution is 0.244. The second kappa shape index (κ2) is 12.2. The van der Waals surface area contributed by atoms with Crippen LogP contribution in [0.25, 0.3) is 10.9 Å². The van der Waals surface area contributed by atoms with Crippen LogP contribution in [0.15, 0.2) is 53.3 Å². The van der Waals surface area contributed by atoms with Crippen LogP contribution < -0.4 is 20.1 Å². The number of methoxy groups -OCH3 is 2. The first-order chi connectivity index (χ1) is 17.7. The molecule has 0 spiro atoms. The number of fused-ring (bicyclic) bond motifs is 1. The molecule has 196 valence electrons. The summed E-state index contributed by atoms with van der Waals surface area (Å²) in [6.45, 7) is 6.96. The fraction of sp³-hybridized carbons (Fsp3) is 0.333. The minimum atomic E-state index is -0.722. The van der Waals surface area contributed by atoms with Gasteiger partial charge < -0.3 is 19.3 Å². The molecule has 10 heteroatoms. The van der Waals surface area contributed by atoms with Crippen molar-refractivity contribution in [3.63, 3.8) is 0 Å². The zero-order chi connectivity index (χ0) is 27.0. The molecule has 2 amide bonds. The number of benzene rings is 2. The molecule has 0 fully saturated rings. The Morgan fingerprint density at radius 3 is 2.43 bits per heavy atom. The summed E-state index contributed by atoms with van der Waals surface area (Å²) in [5.74, 6) is 2.06. The fourth-order valence-corrected chi connectivity index (χ4v) is 3.47. The van der Waals surface area contributed by atoms with Crippen LogP contribution in [0.2, 0.25) is 0 Å². The van der Waals surface area contributed by atoms with E-state index in [-0.39, 0.29) is 5.82 Å². The quantitative estimate of drug-likeness (QED) is 0.304. The largest absolute Gasteiger partial charge is 0.493 e. The predicted molar refractivity (Wildman–Crippen MR) is 141 cm³/mol. The number of aryl methyl sites for hydroxylation is 2. The molecule has 37 heavy (non-hydrogen) atoms. The van der Waals surface area contributed by atoms with Gasteiger partial charge in [-0.2, -0.15) is 0 Å². The van der Waals surface area contributed by atoms with Gasteiger partial charge >= 0.3 is 6.03 Å². The minimum absolute atomic E-state index is 0.258. The predicted octanol–water partition coefficient (Wildman–Crippen LogP) is 6.22. The number of anilines is 2. The Labute approximate surface area is 215 Å². The molecule has 2 N–H and O–H groups in total. The third-order valence-corrected chi connectivity index (χ3v) is 6.04. The molecule has 0 bridgehead atoms. The summed E-state index contributed by atoms with van der Waals surface area (Å²) in [7, 11) is 3.22. The fourth-order valence-electron chi connectivity index (χ4n) is 3.47. The Bertz CT molecular complexity index is 1350. The lowest BCUT2D eigenvalue weighted by Gasteiger charge is -2.19. The summed E-state index contributed by atoms with van der Waals surface area (Å²) < 4.78 is 28.7. The monoisotopic (exact) mass is 509 g/mol. The molecule has 0 radical (unpaired) electrons. The third-order valence-electron chi connectivity index (χ3n) is 6.04. The molecule has 1 unspecified atom stereocenters. The number of alkyl halides is 1. The van der Waals surface area contributed by atoms with Crippen LogP contribution in [0, 0.1) is 13.8 Å². The average Bonchev–Trinajstić information content (AvgIpc) is 3.37. The van der Waals surface area contributed by atoms with Crippen LogP contribution in [0.3, 0.4) is 0 Å².